The molecule has 1 aliphatic rings. The first-order valence-electron chi connectivity index (χ1n) is 9.35. The number of hydrogen-bond acceptors (Lipinski definition) is 6. The summed E-state index contributed by atoms with van der Waals surface area (Å²) in [6.07, 6.45) is 1.58. The molecule has 1 unspecified atom stereocenters. The van der Waals surface area contributed by atoms with E-state index >= 15 is 0 Å². The van der Waals surface area contributed by atoms with E-state index in [-0.39, 0.29) is 11.9 Å². The number of pyridine rings is 1. The molecule has 0 saturated heterocycles. The van der Waals surface area contributed by atoms with Gasteiger partial charge in [-0.2, -0.15) is 4.98 Å². The lowest BCUT2D eigenvalue weighted by atomic mass is 10.0. The van der Waals surface area contributed by atoms with Crippen molar-refractivity contribution in [1.82, 2.24) is 19.9 Å². The van der Waals surface area contributed by atoms with Gasteiger partial charge in [0, 0.05) is 57.0 Å². The molecular formula is C20H28N6O. The second-order valence-corrected chi connectivity index (χ2v) is 7.40. The third-order valence-corrected chi connectivity index (χ3v) is 4.74. The zero-order chi connectivity index (χ0) is 19.6. The van der Waals surface area contributed by atoms with Crippen LogP contribution < -0.4 is 10.2 Å². The summed E-state index contributed by atoms with van der Waals surface area (Å²) in [5.41, 5.74) is 4.13. The van der Waals surface area contributed by atoms with Crippen LogP contribution in [-0.4, -0.2) is 52.4 Å². The highest BCUT2D eigenvalue weighted by molar-refractivity contribution is 5.73. The summed E-state index contributed by atoms with van der Waals surface area (Å²) in [6, 6.07) is 6.28. The summed E-state index contributed by atoms with van der Waals surface area (Å²) in [5.74, 6) is 1.61. The van der Waals surface area contributed by atoms with Crippen LogP contribution in [0.1, 0.15) is 36.5 Å². The molecule has 27 heavy (non-hydrogen) atoms. The topological polar surface area (TPSA) is 74.2 Å². The van der Waals surface area contributed by atoms with E-state index in [0.717, 1.165) is 41.3 Å². The van der Waals surface area contributed by atoms with Crippen LogP contribution in [0.2, 0.25) is 0 Å². The van der Waals surface area contributed by atoms with Gasteiger partial charge in [0.05, 0.1) is 12.2 Å². The lowest BCUT2D eigenvalue weighted by molar-refractivity contribution is -0.129. The van der Waals surface area contributed by atoms with Gasteiger partial charge in [0.2, 0.25) is 11.9 Å². The Bertz CT molecular complexity index is 835. The Labute approximate surface area is 160 Å². The number of aryl methyl sites for hydroxylation is 1. The molecule has 7 heteroatoms. The van der Waals surface area contributed by atoms with Crippen molar-refractivity contribution in [2.45, 2.75) is 46.2 Å². The molecule has 2 aromatic heterocycles. The van der Waals surface area contributed by atoms with Gasteiger partial charge < -0.3 is 15.1 Å². The molecule has 0 aromatic carbocycles. The van der Waals surface area contributed by atoms with Gasteiger partial charge in [0.15, 0.2) is 0 Å². The maximum atomic E-state index is 11.8. The number of nitrogens with one attached hydrogen (secondary N) is 1. The van der Waals surface area contributed by atoms with Crippen molar-refractivity contribution in [3.8, 4) is 0 Å². The lowest BCUT2D eigenvalue weighted by Crippen LogP contribution is -2.36. The predicted molar refractivity (Wildman–Crippen MR) is 107 cm³/mol. The van der Waals surface area contributed by atoms with Crippen LogP contribution in [0.4, 0.5) is 11.8 Å². The van der Waals surface area contributed by atoms with Gasteiger partial charge in [-0.25, -0.2) is 4.98 Å². The highest BCUT2D eigenvalue weighted by Gasteiger charge is 2.24. The highest BCUT2D eigenvalue weighted by Crippen LogP contribution is 2.26. The predicted octanol–water partition coefficient (Wildman–Crippen LogP) is 2.19. The van der Waals surface area contributed by atoms with E-state index in [0.29, 0.717) is 19.0 Å². The molecule has 0 aliphatic carbocycles. The Morgan fingerprint density at radius 1 is 1.30 bits per heavy atom. The number of amides is 1. The third-order valence-electron chi connectivity index (χ3n) is 4.74. The standard InChI is InChI=1S/C20H28N6O/c1-13-7-6-8-16(21-13)11-14(2)22-19-17-9-10-26(15(3)27)12-18(17)23-20(24-19)25(4)5/h6-8,14H,9-12H2,1-5H3,(H,22,23,24). The van der Waals surface area contributed by atoms with E-state index < -0.39 is 0 Å². The van der Waals surface area contributed by atoms with Crippen LogP contribution in [0.15, 0.2) is 18.2 Å². The maximum absolute atomic E-state index is 11.8. The average molecular weight is 368 g/mol. The van der Waals surface area contributed by atoms with Crippen molar-refractivity contribution in [2.75, 3.05) is 30.9 Å². The summed E-state index contributed by atoms with van der Waals surface area (Å²) < 4.78 is 0. The number of aromatic nitrogens is 3. The fraction of sp³-hybridized carbons (Fsp3) is 0.500. The Morgan fingerprint density at radius 2 is 2.07 bits per heavy atom. The number of anilines is 2. The second kappa shape index (κ2) is 7.90. The van der Waals surface area contributed by atoms with Gasteiger partial charge in [-0.3, -0.25) is 9.78 Å². The lowest BCUT2D eigenvalue weighted by Gasteiger charge is -2.30. The number of carbonyl (C=O) groups excluding carboxylic acids is 1. The highest BCUT2D eigenvalue weighted by atomic mass is 16.2. The molecule has 7 nitrogen and oxygen atoms in total. The first-order chi connectivity index (χ1) is 12.8. The SMILES string of the molecule is CC(=O)N1CCc2c(nc(N(C)C)nc2NC(C)Cc2cccc(C)n2)C1. The van der Waals surface area contributed by atoms with Crippen LogP contribution in [-0.2, 0) is 24.2 Å². The smallest absolute Gasteiger partial charge is 0.227 e. The molecule has 1 amide bonds. The van der Waals surface area contributed by atoms with Crippen molar-refractivity contribution in [3.05, 3.63) is 40.8 Å². The zero-order valence-electron chi connectivity index (χ0n) is 16.8. The van der Waals surface area contributed by atoms with Gasteiger partial charge in [0.25, 0.3) is 0 Å². The van der Waals surface area contributed by atoms with Gasteiger partial charge >= 0.3 is 0 Å². The molecule has 0 radical (unpaired) electrons. The van der Waals surface area contributed by atoms with Crippen LogP contribution in [0.3, 0.4) is 0 Å². The molecular weight excluding hydrogens is 340 g/mol. The molecule has 2 aromatic rings. The van der Waals surface area contributed by atoms with Gasteiger partial charge in [-0.1, -0.05) is 6.07 Å². The van der Waals surface area contributed by atoms with E-state index in [1.54, 1.807) is 6.92 Å². The summed E-state index contributed by atoms with van der Waals surface area (Å²) in [7, 11) is 3.86. The van der Waals surface area contributed by atoms with Crippen LogP contribution >= 0.6 is 0 Å². The molecule has 0 fully saturated rings. The van der Waals surface area contributed by atoms with E-state index in [9.17, 15) is 4.79 Å². The van der Waals surface area contributed by atoms with Crippen molar-refractivity contribution in [2.24, 2.45) is 0 Å². The maximum Gasteiger partial charge on any atom is 0.227 e. The van der Waals surface area contributed by atoms with Gasteiger partial charge in [0.1, 0.15) is 5.82 Å². The summed E-state index contributed by atoms with van der Waals surface area (Å²) in [6.45, 7) is 6.99. The molecule has 1 aliphatic heterocycles. The van der Waals surface area contributed by atoms with Crippen molar-refractivity contribution in [3.63, 3.8) is 0 Å². The van der Waals surface area contributed by atoms with E-state index in [2.05, 4.69) is 28.3 Å². The van der Waals surface area contributed by atoms with Crippen LogP contribution in [0.5, 0.6) is 0 Å². The van der Waals surface area contributed by atoms with E-state index in [4.69, 9.17) is 4.98 Å². The molecule has 0 saturated carbocycles. The third kappa shape index (κ3) is 4.53. The fourth-order valence-electron chi connectivity index (χ4n) is 3.32. The molecule has 3 rings (SSSR count). The van der Waals surface area contributed by atoms with Crippen molar-refractivity contribution >= 4 is 17.7 Å². The minimum atomic E-state index is 0.0825. The summed E-state index contributed by atoms with van der Waals surface area (Å²) in [5, 5.41) is 3.56. The second-order valence-electron chi connectivity index (χ2n) is 7.40. The van der Waals surface area contributed by atoms with Gasteiger partial charge in [-0.15, -0.1) is 0 Å². The number of nitrogens with zero attached hydrogens (tertiary/aromatic N) is 5. The first kappa shape index (κ1) is 19.1. The monoisotopic (exact) mass is 368 g/mol. The van der Waals surface area contributed by atoms with Crippen LogP contribution in [0.25, 0.3) is 0 Å². The number of carbonyl (C=O) groups is 1. The Hall–Kier alpha value is -2.70. The van der Waals surface area contributed by atoms with E-state index in [1.165, 1.54) is 0 Å². The van der Waals surface area contributed by atoms with E-state index in [1.807, 2.05) is 43.0 Å². The minimum Gasteiger partial charge on any atom is -0.367 e. The normalized spacial score (nSPS) is 14.5. The molecule has 0 bridgehead atoms. The molecule has 1 atom stereocenters. The van der Waals surface area contributed by atoms with Crippen LogP contribution in [0, 0.1) is 6.92 Å². The molecule has 0 spiro atoms. The Kier molecular flexibility index (Phi) is 5.58. The first-order valence-corrected chi connectivity index (χ1v) is 9.35. The summed E-state index contributed by atoms with van der Waals surface area (Å²) in [4.78, 5) is 29.5. The summed E-state index contributed by atoms with van der Waals surface area (Å²) >= 11 is 0. The van der Waals surface area contributed by atoms with Crippen molar-refractivity contribution < 1.29 is 4.79 Å². The average Bonchev–Trinajstić information content (AvgIpc) is 2.60. The Balaban J connectivity index is 1.84. The number of hydrogen-bond donors (Lipinski definition) is 1. The molecule has 144 valence electrons. The fourth-order valence-corrected chi connectivity index (χ4v) is 3.32. The quantitative estimate of drug-likeness (QED) is 0.872. The number of rotatable bonds is 5. The van der Waals surface area contributed by atoms with Gasteiger partial charge in [-0.05, 0) is 32.4 Å². The number of fused-ring (bicyclic) bond motifs is 1. The largest absolute Gasteiger partial charge is 0.367 e. The minimum absolute atomic E-state index is 0.0825. The molecule has 3 heterocycles. The Morgan fingerprint density at radius 3 is 2.74 bits per heavy atom. The zero-order valence-corrected chi connectivity index (χ0v) is 16.8. The van der Waals surface area contributed by atoms with Crippen molar-refractivity contribution in [1.29, 1.82) is 0 Å². The molecule has 1 N–H and O–H groups in total.